The van der Waals surface area contributed by atoms with Crippen molar-refractivity contribution in [3.8, 4) is 0 Å². The predicted octanol–water partition coefficient (Wildman–Crippen LogP) is 3.66. The number of hydrogen-bond donors (Lipinski definition) is 2. The van der Waals surface area contributed by atoms with Gasteiger partial charge in [-0.25, -0.2) is 14.5 Å². The molecule has 0 spiro atoms. The molecule has 1 aliphatic carbocycles. The standard InChI is InChI=1S/C29H37F3N8O3/c1-17-13-19(25(41)33-15-17)14-21-24(18-5-11-43-12-6-18)37-27-36-22(16-40(27)38-21)20(3-7-28(8-9-28)29(30,31)32)35-26(42)23-4-10-34-39(23)2/h4,10,16-20H,3,5-9,11-15H2,1-2H3,(H,33,41)(H,35,42)/t17-,19+,20-/m0/s1. The molecular formula is C29H37F3N8O3. The molecule has 3 fully saturated rings. The zero-order chi connectivity index (χ0) is 30.4. The van der Waals surface area contributed by atoms with Gasteiger partial charge in [-0.05, 0) is 56.9 Å². The van der Waals surface area contributed by atoms with Crippen LogP contribution in [0, 0.1) is 17.3 Å². The van der Waals surface area contributed by atoms with Gasteiger partial charge in [0.25, 0.3) is 11.7 Å². The summed E-state index contributed by atoms with van der Waals surface area (Å²) in [7, 11) is 1.62. The summed E-state index contributed by atoms with van der Waals surface area (Å²) in [6.07, 6.45) is 1.59. The van der Waals surface area contributed by atoms with Crippen LogP contribution in [0.1, 0.15) is 91.4 Å². The fourth-order valence-corrected chi connectivity index (χ4v) is 6.37. The second-order valence-corrected chi connectivity index (χ2v) is 12.4. The Labute approximate surface area is 247 Å². The van der Waals surface area contributed by atoms with E-state index in [1.54, 1.807) is 19.3 Å². The van der Waals surface area contributed by atoms with Crippen molar-refractivity contribution in [3.05, 3.63) is 41.2 Å². The zero-order valence-electron chi connectivity index (χ0n) is 24.4. The highest BCUT2D eigenvalue weighted by Crippen LogP contribution is 2.61. The van der Waals surface area contributed by atoms with E-state index < -0.39 is 23.5 Å². The number of imidazole rings is 1. The van der Waals surface area contributed by atoms with Crippen LogP contribution in [0.25, 0.3) is 5.78 Å². The number of hydrogen-bond acceptors (Lipinski definition) is 7. The number of carbonyl (C=O) groups is 2. The van der Waals surface area contributed by atoms with Gasteiger partial charge in [-0.2, -0.15) is 23.4 Å². The van der Waals surface area contributed by atoms with E-state index in [0.717, 1.165) is 25.0 Å². The number of piperidine rings is 1. The van der Waals surface area contributed by atoms with Crippen molar-refractivity contribution in [1.29, 1.82) is 0 Å². The quantitative estimate of drug-likeness (QED) is 0.383. The first-order chi connectivity index (χ1) is 20.5. The van der Waals surface area contributed by atoms with Crippen molar-refractivity contribution in [2.75, 3.05) is 19.8 Å². The van der Waals surface area contributed by atoms with Gasteiger partial charge in [-0.1, -0.05) is 6.92 Å². The van der Waals surface area contributed by atoms with Crippen molar-refractivity contribution < 1.29 is 27.5 Å². The minimum Gasteiger partial charge on any atom is -0.381 e. The van der Waals surface area contributed by atoms with Crippen LogP contribution in [0.3, 0.4) is 0 Å². The SMILES string of the molecule is C[C@@H]1CNC(=O)[C@@H](Cc2nn3cc([C@H](CCC4(C(F)(F)F)CC4)NC(=O)c4ccnn4C)nc3nc2C2CCOCC2)C1. The lowest BCUT2D eigenvalue weighted by molar-refractivity contribution is -0.189. The van der Waals surface area contributed by atoms with Crippen LogP contribution in [-0.2, 0) is 23.0 Å². The number of nitrogens with zero attached hydrogens (tertiary/aromatic N) is 6. The van der Waals surface area contributed by atoms with Crippen molar-refractivity contribution in [1.82, 2.24) is 40.0 Å². The third kappa shape index (κ3) is 6.11. The third-order valence-corrected chi connectivity index (χ3v) is 9.25. The van der Waals surface area contributed by atoms with Crippen molar-refractivity contribution >= 4 is 17.6 Å². The average Bonchev–Trinajstić information content (AvgIpc) is 3.49. The molecule has 5 heterocycles. The highest BCUT2D eigenvalue weighted by molar-refractivity contribution is 5.92. The summed E-state index contributed by atoms with van der Waals surface area (Å²) >= 11 is 0. The molecule has 1 saturated carbocycles. The molecular weight excluding hydrogens is 565 g/mol. The van der Waals surface area contributed by atoms with Crippen LogP contribution in [-0.4, -0.2) is 67.1 Å². The Kier molecular flexibility index (Phi) is 7.90. The summed E-state index contributed by atoms with van der Waals surface area (Å²) in [4.78, 5) is 35.5. The van der Waals surface area contributed by atoms with E-state index in [1.165, 1.54) is 15.4 Å². The molecule has 2 saturated heterocycles. The second-order valence-electron chi connectivity index (χ2n) is 12.4. The molecule has 43 heavy (non-hydrogen) atoms. The van der Waals surface area contributed by atoms with Gasteiger partial charge in [0.05, 0.1) is 34.7 Å². The van der Waals surface area contributed by atoms with Gasteiger partial charge in [-0.15, -0.1) is 0 Å². The number of alkyl halides is 3. The first-order valence-electron chi connectivity index (χ1n) is 15.0. The van der Waals surface area contributed by atoms with Gasteiger partial charge < -0.3 is 15.4 Å². The zero-order valence-corrected chi connectivity index (χ0v) is 24.4. The van der Waals surface area contributed by atoms with Gasteiger partial charge in [0.2, 0.25) is 5.91 Å². The maximum Gasteiger partial charge on any atom is 0.394 e. The summed E-state index contributed by atoms with van der Waals surface area (Å²) < 4.78 is 49.9. The molecule has 3 aromatic heterocycles. The molecule has 2 N–H and O–H groups in total. The van der Waals surface area contributed by atoms with Crippen molar-refractivity contribution in [2.45, 2.75) is 76.4 Å². The Morgan fingerprint density at radius 3 is 2.70 bits per heavy atom. The number of fused-ring (bicyclic) bond motifs is 1. The normalized spacial score (nSPS) is 23.2. The highest BCUT2D eigenvalue weighted by Gasteiger charge is 2.62. The molecule has 2 amide bonds. The monoisotopic (exact) mass is 602 g/mol. The lowest BCUT2D eigenvalue weighted by Gasteiger charge is -2.28. The molecule has 3 aromatic rings. The first kappa shape index (κ1) is 29.5. The van der Waals surface area contributed by atoms with Gasteiger partial charge in [0, 0.05) is 51.3 Å². The molecule has 232 valence electrons. The van der Waals surface area contributed by atoms with E-state index in [-0.39, 0.29) is 49.1 Å². The largest absolute Gasteiger partial charge is 0.394 e. The van der Waals surface area contributed by atoms with Crippen LogP contribution in [0.5, 0.6) is 0 Å². The smallest absolute Gasteiger partial charge is 0.381 e. The number of aromatic nitrogens is 6. The van der Waals surface area contributed by atoms with Crippen LogP contribution >= 0.6 is 0 Å². The third-order valence-electron chi connectivity index (χ3n) is 9.25. The number of aryl methyl sites for hydroxylation is 1. The summed E-state index contributed by atoms with van der Waals surface area (Å²) in [5.41, 5.74) is 0.434. The molecule has 0 radical (unpaired) electrons. The molecule has 3 aliphatic rings. The number of nitrogens with one attached hydrogen (secondary N) is 2. The number of amides is 2. The van der Waals surface area contributed by atoms with Gasteiger partial charge in [-0.3, -0.25) is 14.3 Å². The second kappa shape index (κ2) is 11.5. The predicted molar refractivity (Wildman–Crippen MR) is 148 cm³/mol. The molecule has 11 nitrogen and oxygen atoms in total. The Hall–Kier alpha value is -3.55. The van der Waals surface area contributed by atoms with E-state index in [2.05, 4.69) is 27.6 Å². The minimum atomic E-state index is -4.30. The molecule has 0 unspecified atom stereocenters. The Bertz CT molecular complexity index is 1490. The Morgan fingerprint density at radius 2 is 2.02 bits per heavy atom. The molecule has 14 heteroatoms. The first-order valence-corrected chi connectivity index (χ1v) is 15.0. The Balaban J connectivity index is 1.34. The molecule has 0 aromatic carbocycles. The Morgan fingerprint density at radius 1 is 1.26 bits per heavy atom. The number of carbonyl (C=O) groups excluding carboxylic acids is 2. The fraction of sp³-hybridized carbons (Fsp3) is 0.655. The molecule has 0 bridgehead atoms. The number of ether oxygens (including phenoxy) is 1. The molecule has 3 atom stereocenters. The van der Waals surface area contributed by atoms with Crippen LogP contribution in [0.2, 0.25) is 0 Å². The number of rotatable bonds is 9. The minimum absolute atomic E-state index is 0.000792. The topological polar surface area (TPSA) is 128 Å². The lowest BCUT2D eigenvalue weighted by atomic mass is 9.85. The van der Waals surface area contributed by atoms with Crippen LogP contribution in [0.15, 0.2) is 18.5 Å². The summed E-state index contributed by atoms with van der Waals surface area (Å²) in [5.74, 6) is 0.0496. The summed E-state index contributed by atoms with van der Waals surface area (Å²) in [6.45, 7) is 3.95. The van der Waals surface area contributed by atoms with Crippen LogP contribution < -0.4 is 10.6 Å². The highest BCUT2D eigenvalue weighted by atomic mass is 19.4. The fourth-order valence-electron chi connectivity index (χ4n) is 6.37. The number of halogens is 3. The summed E-state index contributed by atoms with van der Waals surface area (Å²) in [5, 5.41) is 14.8. The van der Waals surface area contributed by atoms with Crippen molar-refractivity contribution in [2.24, 2.45) is 24.3 Å². The molecule has 6 rings (SSSR count). The van der Waals surface area contributed by atoms with E-state index >= 15 is 0 Å². The van der Waals surface area contributed by atoms with Crippen molar-refractivity contribution in [3.63, 3.8) is 0 Å². The van der Waals surface area contributed by atoms with E-state index in [0.29, 0.717) is 49.3 Å². The average molecular weight is 603 g/mol. The summed E-state index contributed by atoms with van der Waals surface area (Å²) in [6, 6.07) is 0.747. The maximum absolute atomic E-state index is 13.8. The lowest BCUT2D eigenvalue weighted by Crippen LogP contribution is -2.41. The van der Waals surface area contributed by atoms with Gasteiger partial charge in [0.1, 0.15) is 5.69 Å². The van der Waals surface area contributed by atoms with Gasteiger partial charge in [0.15, 0.2) is 0 Å². The van der Waals surface area contributed by atoms with E-state index in [9.17, 15) is 22.8 Å². The maximum atomic E-state index is 13.8. The molecule has 2 aliphatic heterocycles. The van der Waals surface area contributed by atoms with E-state index in [4.69, 9.17) is 14.8 Å². The van der Waals surface area contributed by atoms with E-state index in [1.807, 2.05) is 0 Å². The van der Waals surface area contributed by atoms with Crippen LogP contribution in [0.4, 0.5) is 13.2 Å². The van der Waals surface area contributed by atoms with Gasteiger partial charge >= 0.3 is 6.18 Å².